The van der Waals surface area contributed by atoms with Gasteiger partial charge in [-0.05, 0) is 19.3 Å². The number of nitrogens with two attached hydrogens (primary N) is 2. The summed E-state index contributed by atoms with van der Waals surface area (Å²) in [7, 11) is 1.79. The zero-order valence-corrected chi connectivity index (χ0v) is 7.82. The monoisotopic (exact) mass is 181 g/mol. The first kappa shape index (κ1) is 8.50. The summed E-state index contributed by atoms with van der Waals surface area (Å²) in [6.45, 7) is 0. The minimum absolute atomic E-state index is 0.0773. The number of hydrogen-bond donors (Lipinski definition) is 2. The molecule has 1 fully saturated rings. The van der Waals surface area contributed by atoms with E-state index in [-0.39, 0.29) is 5.54 Å². The fraction of sp³-hybridized carbons (Fsp3) is 0.750. The number of rotatable bonds is 3. The number of nitrogens with zero attached hydrogens (tertiary/aromatic N) is 3. The lowest BCUT2D eigenvalue weighted by molar-refractivity contribution is 0.592. The molecule has 0 atom stereocenters. The summed E-state index contributed by atoms with van der Waals surface area (Å²) in [5.41, 5.74) is 11.6. The summed E-state index contributed by atoms with van der Waals surface area (Å²) in [5, 5.41) is 4.17. The van der Waals surface area contributed by atoms with Crippen molar-refractivity contribution >= 4 is 5.95 Å². The predicted octanol–water partition coefficient (Wildman–Crippen LogP) is -0.179. The molecule has 0 aromatic carbocycles. The van der Waals surface area contributed by atoms with Crippen molar-refractivity contribution in [2.75, 3.05) is 5.73 Å². The lowest BCUT2D eigenvalue weighted by atomic mass is 10.1. The van der Waals surface area contributed by atoms with Crippen LogP contribution in [0.3, 0.4) is 0 Å². The third-order valence-corrected chi connectivity index (χ3v) is 2.58. The molecule has 4 N–H and O–H groups in total. The maximum absolute atomic E-state index is 5.95. The Morgan fingerprint density at radius 3 is 2.69 bits per heavy atom. The maximum atomic E-state index is 5.95. The van der Waals surface area contributed by atoms with Gasteiger partial charge in [0.15, 0.2) is 5.82 Å². The number of aryl methyl sites for hydroxylation is 2. The van der Waals surface area contributed by atoms with Gasteiger partial charge in [0.2, 0.25) is 5.95 Å². The molecule has 72 valence electrons. The van der Waals surface area contributed by atoms with Crippen LogP contribution in [0.15, 0.2) is 0 Å². The predicted molar refractivity (Wildman–Crippen MR) is 49.9 cm³/mol. The highest BCUT2D eigenvalue weighted by Crippen LogP contribution is 2.36. The zero-order valence-electron chi connectivity index (χ0n) is 7.82. The molecule has 0 unspecified atom stereocenters. The van der Waals surface area contributed by atoms with E-state index in [1.807, 2.05) is 0 Å². The van der Waals surface area contributed by atoms with Gasteiger partial charge >= 0.3 is 0 Å². The van der Waals surface area contributed by atoms with Crippen LogP contribution in [0.1, 0.15) is 25.1 Å². The van der Waals surface area contributed by atoms with Crippen LogP contribution in [0.2, 0.25) is 0 Å². The van der Waals surface area contributed by atoms with Crippen molar-refractivity contribution < 1.29 is 0 Å². The Morgan fingerprint density at radius 1 is 1.54 bits per heavy atom. The second-order valence-electron chi connectivity index (χ2n) is 3.87. The van der Waals surface area contributed by atoms with Crippen molar-refractivity contribution in [2.24, 2.45) is 12.8 Å². The molecule has 0 saturated heterocycles. The molecule has 1 aromatic rings. The van der Waals surface area contributed by atoms with Crippen LogP contribution < -0.4 is 11.5 Å². The molecular weight excluding hydrogens is 166 g/mol. The lowest BCUT2D eigenvalue weighted by Gasteiger charge is -2.04. The molecule has 1 aliphatic rings. The van der Waals surface area contributed by atoms with Crippen LogP contribution in [0, 0.1) is 0 Å². The average Bonchev–Trinajstić information content (AvgIpc) is 2.72. The second-order valence-corrected chi connectivity index (χ2v) is 3.87. The number of hydrogen-bond acceptors (Lipinski definition) is 4. The summed E-state index contributed by atoms with van der Waals surface area (Å²) in [6, 6.07) is 0. The van der Waals surface area contributed by atoms with Gasteiger partial charge in [0.05, 0.1) is 0 Å². The van der Waals surface area contributed by atoms with Gasteiger partial charge in [-0.3, -0.25) is 0 Å². The molecule has 0 amide bonds. The van der Waals surface area contributed by atoms with E-state index in [1.165, 1.54) is 0 Å². The van der Waals surface area contributed by atoms with Crippen molar-refractivity contribution in [3.63, 3.8) is 0 Å². The van der Waals surface area contributed by atoms with E-state index < -0.39 is 0 Å². The molecule has 1 saturated carbocycles. The van der Waals surface area contributed by atoms with Crippen LogP contribution in [-0.2, 0) is 13.5 Å². The minimum Gasteiger partial charge on any atom is -0.368 e. The van der Waals surface area contributed by atoms with Crippen LogP contribution in [-0.4, -0.2) is 20.3 Å². The van der Waals surface area contributed by atoms with Crippen LogP contribution in [0.4, 0.5) is 5.95 Å². The first-order valence-corrected chi connectivity index (χ1v) is 4.53. The van der Waals surface area contributed by atoms with Crippen LogP contribution >= 0.6 is 0 Å². The Kier molecular flexibility index (Phi) is 1.76. The summed E-state index contributed by atoms with van der Waals surface area (Å²) in [4.78, 5) is 4.12. The highest BCUT2D eigenvalue weighted by Gasteiger charge is 2.37. The van der Waals surface area contributed by atoms with Gasteiger partial charge < -0.3 is 11.5 Å². The van der Waals surface area contributed by atoms with E-state index >= 15 is 0 Å². The molecule has 1 heterocycles. The van der Waals surface area contributed by atoms with Crippen molar-refractivity contribution in [1.82, 2.24) is 14.8 Å². The quantitative estimate of drug-likeness (QED) is 0.677. The topological polar surface area (TPSA) is 82.8 Å². The zero-order chi connectivity index (χ0) is 9.47. The Labute approximate surface area is 77.1 Å². The summed E-state index contributed by atoms with van der Waals surface area (Å²) in [6.07, 6.45) is 4.07. The molecule has 0 spiro atoms. The maximum Gasteiger partial charge on any atom is 0.218 e. The largest absolute Gasteiger partial charge is 0.368 e. The molecule has 5 nitrogen and oxygen atoms in total. The smallest absolute Gasteiger partial charge is 0.218 e. The number of aromatic nitrogens is 3. The lowest BCUT2D eigenvalue weighted by Crippen LogP contribution is -2.22. The molecule has 5 heteroatoms. The first-order chi connectivity index (χ1) is 6.09. The Morgan fingerprint density at radius 2 is 2.23 bits per heavy atom. The Bertz CT molecular complexity index is 293. The SMILES string of the molecule is Cn1nc(CCC2(N)CC2)nc1N. The molecule has 1 aromatic heterocycles. The minimum atomic E-state index is 0.0773. The van der Waals surface area contributed by atoms with E-state index in [1.54, 1.807) is 11.7 Å². The Hall–Kier alpha value is -1.10. The highest BCUT2D eigenvalue weighted by atomic mass is 15.4. The fourth-order valence-electron chi connectivity index (χ4n) is 1.33. The van der Waals surface area contributed by atoms with Crippen molar-refractivity contribution in [2.45, 2.75) is 31.2 Å². The van der Waals surface area contributed by atoms with Crippen molar-refractivity contribution in [3.8, 4) is 0 Å². The average molecular weight is 181 g/mol. The first-order valence-electron chi connectivity index (χ1n) is 4.53. The van der Waals surface area contributed by atoms with E-state index in [4.69, 9.17) is 11.5 Å². The van der Waals surface area contributed by atoms with Crippen molar-refractivity contribution in [1.29, 1.82) is 0 Å². The van der Waals surface area contributed by atoms with E-state index in [9.17, 15) is 0 Å². The third-order valence-electron chi connectivity index (χ3n) is 2.58. The van der Waals surface area contributed by atoms with E-state index in [2.05, 4.69) is 10.1 Å². The normalized spacial score (nSPS) is 18.9. The van der Waals surface area contributed by atoms with E-state index in [0.29, 0.717) is 5.95 Å². The molecule has 13 heavy (non-hydrogen) atoms. The summed E-state index contributed by atoms with van der Waals surface area (Å²) in [5.74, 6) is 1.27. The van der Waals surface area contributed by atoms with E-state index in [0.717, 1.165) is 31.5 Å². The highest BCUT2D eigenvalue weighted by molar-refractivity contribution is 5.15. The van der Waals surface area contributed by atoms with Crippen LogP contribution in [0.25, 0.3) is 0 Å². The third kappa shape index (κ3) is 1.80. The molecular formula is C8H15N5. The van der Waals surface area contributed by atoms with Crippen molar-refractivity contribution in [3.05, 3.63) is 5.82 Å². The summed E-state index contributed by atoms with van der Waals surface area (Å²) < 4.78 is 1.59. The molecule has 2 rings (SSSR count). The molecule has 0 radical (unpaired) electrons. The summed E-state index contributed by atoms with van der Waals surface area (Å²) >= 11 is 0. The second kappa shape index (κ2) is 2.70. The van der Waals surface area contributed by atoms with Gasteiger partial charge in [-0.2, -0.15) is 10.1 Å². The van der Waals surface area contributed by atoms with Crippen LogP contribution in [0.5, 0.6) is 0 Å². The molecule has 0 aliphatic heterocycles. The molecule has 0 bridgehead atoms. The van der Waals surface area contributed by atoms with Gasteiger partial charge in [-0.15, -0.1) is 0 Å². The van der Waals surface area contributed by atoms with Gasteiger partial charge in [-0.1, -0.05) is 0 Å². The van der Waals surface area contributed by atoms with Gasteiger partial charge in [-0.25, -0.2) is 4.68 Å². The van der Waals surface area contributed by atoms with Gasteiger partial charge in [0, 0.05) is 19.0 Å². The molecule has 1 aliphatic carbocycles. The number of anilines is 1. The van der Waals surface area contributed by atoms with Gasteiger partial charge in [0.25, 0.3) is 0 Å². The van der Waals surface area contributed by atoms with Gasteiger partial charge in [0.1, 0.15) is 0 Å². The fourth-order valence-corrected chi connectivity index (χ4v) is 1.33. The number of nitrogen functional groups attached to an aromatic ring is 1. The standard InChI is InChI=1S/C8H15N5/c1-13-7(9)11-6(12-13)2-3-8(10)4-5-8/h2-5,10H2,1H3,(H2,9,11,12). The Balaban J connectivity index is 1.94.